The SMILES string of the molecule is CC(=O)N[C@@H]1[C@H](Oc2ccc(C(=O)C=Cc3ccccc3)cc2)O[C@H](COC(C)=O)[C@@H](OC(C)=O)[C@@H]1OC(C)=O. The molecule has 0 bridgehead atoms. The standard InChI is InChI=1S/C29H31NO10/c1-17(31)30-26-28(38-20(4)34)27(37-19(3)33)25(16-36-18(2)32)40-29(26)39-23-13-11-22(12-14-23)24(35)15-10-21-8-6-5-7-9-21/h5-15,25-29H,16H2,1-4H3,(H,30,31)/t25-,26+,27-,28-,29-/m1/s1. The molecule has 40 heavy (non-hydrogen) atoms. The van der Waals surface area contributed by atoms with Crippen LogP contribution in [0, 0.1) is 0 Å². The van der Waals surface area contributed by atoms with E-state index >= 15 is 0 Å². The molecule has 1 heterocycles. The van der Waals surface area contributed by atoms with Crippen molar-refractivity contribution in [3.8, 4) is 5.75 Å². The Bertz CT molecular complexity index is 1240. The molecule has 1 aliphatic rings. The summed E-state index contributed by atoms with van der Waals surface area (Å²) in [7, 11) is 0. The summed E-state index contributed by atoms with van der Waals surface area (Å²) in [6, 6.07) is 14.5. The van der Waals surface area contributed by atoms with Crippen molar-refractivity contribution in [2.45, 2.75) is 58.3 Å². The number of allylic oxidation sites excluding steroid dienone is 1. The summed E-state index contributed by atoms with van der Waals surface area (Å²) >= 11 is 0. The van der Waals surface area contributed by atoms with Crippen molar-refractivity contribution in [3.05, 3.63) is 71.8 Å². The van der Waals surface area contributed by atoms with Crippen molar-refractivity contribution >= 4 is 35.7 Å². The third kappa shape index (κ3) is 8.77. The van der Waals surface area contributed by atoms with Gasteiger partial charge in [-0.15, -0.1) is 0 Å². The number of carbonyl (C=O) groups excluding carboxylic acids is 5. The maximum atomic E-state index is 12.6. The molecule has 11 nitrogen and oxygen atoms in total. The first-order valence-electron chi connectivity index (χ1n) is 12.5. The maximum absolute atomic E-state index is 12.6. The molecule has 1 amide bonds. The van der Waals surface area contributed by atoms with Crippen LogP contribution in [0.25, 0.3) is 6.08 Å². The lowest BCUT2D eigenvalue weighted by molar-refractivity contribution is -0.257. The molecule has 0 radical (unpaired) electrons. The molecule has 5 atom stereocenters. The van der Waals surface area contributed by atoms with Crippen LogP contribution < -0.4 is 10.1 Å². The van der Waals surface area contributed by atoms with Crippen LogP contribution in [0.3, 0.4) is 0 Å². The summed E-state index contributed by atoms with van der Waals surface area (Å²) in [6.07, 6.45) is -1.67. The molecule has 212 valence electrons. The second kappa shape index (κ2) is 14.0. The van der Waals surface area contributed by atoms with E-state index in [1.807, 2.05) is 30.3 Å². The zero-order valence-electron chi connectivity index (χ0n) is 22.5. The lowest BCUT2D eigenvalue weighted by Crippen LogP contribution is -2.67. The minimum Gasteiger partial charge on any atom is -0.463 e. The van der Waals surface area contributed by atoms with E-state index in [1.165, 1.54) is 32.1 Å². The molecule has 2 aromatic rings. The number of benzene rings is 2. The van der Waals surface area contributed by atoms with Gasteiger partial charge >= 0.3 is 17.9 Å². The Morgan fingerprint density at radius 3 is 2.02 bits per heavy atom. The largest absolute Gasteiger partial charge is 0.463 e. The summed E-state index contributed by atoms with van der Waals surface area (Å²) in [5.74, 6) is -2.48. The number of hydrogen-bond acceptors (Lipinski definition) is 10. The van der Waals surface area contributed by atoms with E-state index in [0.29, 0.717) is 5.56 Å². The summed E-state index contributed by atoms with van der Waals surface area (Å²) in [5.41, 5.74) is 1.29. The van der Waals surface area contributed by atoms with Gasteiger partial charge in [0.25, 0.3) is 0 Å². The molecule has 2 aromatic carbocycles. The van der Waals surface area contributed by atoms with Gasteiger partial charge in [0, 0.05) is 33.3 Å². The van der Waals surface area contributed by atoms with Crippen LogP contribution in [-0.4, -0.2) is 66.8 Å². The number of ether oxygens (including phenoxy) is 5. The highest BCUT2D eigenvalue weighted by molar-refractivity contribution is 6.06. The predicted molar refractivity (Wildman–Crippen MR) is 141 cm³/mol. The molecular weight excluding hydrogens is 522 g/mol. The quantitative estimate of drug-likeness (QED) is 0.202. The number of esters is 3. The van der Waals surface area contributed by atoms with Crippen molar-refractivity contribution < 1.29 is 47.7 Å². The van der Waals surface area contributed by atoms with E-state index in [-0.39, 0.29) is 18.1 Å². The van der Waals surface area contributed by atoms with Gasteiger partial charge in [0.15, 0.2) is 18.0 Å². The van der Waals surface area contributed by atoms with Gasteiger partial charge in [-0.1, -0.05) is 36.4 Å². The Morgan fingerprint density at radius 2 is 1.45 bits per heavy atom. The van der Waals surface area contributed by atoms with Crippen molar-refractivity contribution in [2.24, 2.45) is 0 Å². The van der Waals surface area contributed by atoms with Gasteiger partial charge < -0.3 is 29.0 Å². The van der Waals surface area contributed by atoms with Crippen molar-refractivity contribution in [2.75, 3.05) is 6.61 Å². The molecular formula is C29H31NO10. The highest BCUT2D eigenvalue weighted by atomic mass is 16.7. The molecule has 11 heteroatoms. The zero-order valence-corrected chi connectivity index (χ0v) is 22.5. The molecule has 1 N–H and O–H groups in total. The number of nitrogens with one attached hydrogen (secondary N) is 1. The Morgan fingerprint density at radius 1 is 0.825 bits per heavy atom. The van der Waals surface area contributed by atoms with Crippen molar-refractivity contribution in [1.29, 1.82) is 0 Å². The van der Waals surface area contributed by atoms with Gasteiger partial charge in [-0.25, -0.2) is 0 Å². The number of carbonyl (C=O) groups is 5. The monoisotopic (exact) mass is 553 g/mol. The first-order valence-corrected chi connectivity index (χ1v) is 12.5. The Balaban J connectivity index is 1.86. The smallest absolute Gasteiger partial charge is 0.303 e. The minimum absolute atomic E-state index is 0.221. The van der Waals surface area contributed by atoms with Crippen LogP contribution in [-0.2, 0) is 38.1 Å². The van der Waals surface area contributed by atoms with Crippen molar-refractivity contribution in [3.63, 3.8) is 0 Å². The van der Waals surface area contributed by atoms with Crippen LogP contribution in [0.2, 0.25) is 0 Å². The van der Waals surface area contributed by atoms with E-state index < -0.39 is 54.5 Å². The highest BCUT2D eigenvalue weighted by Crippen LogP contribution is 2.29. The molecule has 0 aliphatic carbocycles. The Hall–Kier alpha value is -4.51. The fourth-order valence-corrected chi connectivity index (χ4v) is 4.06. The molecule has 0 spiro atoms. The van der Waals surface area contributed by atoms with Crippen LogP contribution in [0.15, 0.2) is 60.7 Å². The number of rotatable bonds is 10. The van der Waals surface area contributed by atoms with E-state index in [4.69, 9.17) is 23.7 Å². The first-order chi connectivity index (χ1) is 19.0. The minimum atomic E-state index is -1.26. The second-order valence-electron chi connectivity index (χ2n) is 8.97. The van der Waals surface area contributed by atoms with E-state index in [9.17, 15) is 24.0 Å². The van der Waals surface area contributed by atoms with Gasteiger partial charge in [0.1, 0.15) is 24.5 Å². The lowest BCUT2D eigenvalue weighted by Gasteiger charge is -2.44. The summed E-state index contributed by atoms with van der Waals surface area (Å²) in [6.45, 7) is 4.40. The predicted octanol–water partition coefficient (Wildman–Crippen LogP) is 2.62. The normalized spacial score (nSPS) is 22.1. The molecule has 3 rings (SSSR count). The van der Waals surface area contributed by atoms with E-state index in [0.717, 1.165) is 19.4 Å². The molecule has 1 fully saturated rings. The Labute approximate surface area is 231 Å². The summed E-state index contributed by atoms with van der Waals surface area (Å²) < 4.78 is 27.9. The third-order valence-electron chi connectivity index (χ3n) is 5.69. The average molecular weight is 554 g/mol. The fourth-order valence-electron chi connectivity index (χ4n) is 4.06. The fraction of sp³-hybridized carbons (Fsp3) is 0.345. The second-order valence-corrected chi connectivity index (χ2v) is 8.97. The molecule has 1 saturated heterocycles. The number of hydrogen-bond donors (Lipinski definition) is 1. The van der Waals surface area contributed by atoms with E-state index in [1.54, 1.807) is 18.2 Å². The number of ketones is 1. The maximum Gasteiger partial charge on any atom is 0.303 e. The lowest BCUT2D eigenvalue weighted by atomic mass is 9.96. The van der Waals surface area contributed by atoms with Gasteiger partial charge in [0.2, 0.25) is 12.2 Å². The van der Waals surface area contributed by atoms with Gasteiger partial charge in [-0.3, -0.25) is 24.0 Å². The molecule has 1 aliphatic heterocycles. The van der Waals surface area contributed by atoms with Gasteiger partial charge in [0.05, 0.1) is 0 Å². The number of amides is 1. The topological polar surface area (TPSA) is 144 Å². The third-order valence-corrected chi connectivity index (χ3v) is 5.69. The van der Waals surface area contributed by atoms with Crippen LogP contribution in [0.4, 0.5) is 0 Å². The molecule has 0 aromatic heterocycles. The Kier molecular flexibility index (Phi) is 10.5. The van der Waals surface area contributed by atoms with Crippen molar-refractivity contribution in [1.82, 2.24) is 5.32 Å². The average Bonchev–Trinajstić information content (AvgIpc) is 2.89. The molecule has 0 unspecified atom stereocenters. The summed E-state index contributed by atoms with van der Waals surface area (Å²) in [5, 5.41) is 2.63. The summed E-state index contributed by atoms with van der Waals surface area (Å²) in [4.78, 5) is 60.0. The van der Waals surface area contributed by atoms with E-state index in [2.05, 4.69) is 5.32 Å². The van der Waals surface area contributed by atoms with Gasteiger partial charge in [-0.05, 0) is 35.9 Å². The van der Waals surface area contributed by atoms with Gasteiger partial charge in [-0.2, -0.15) is 0 Å². The first kappa shape index (κ1) is 30.0. The van der Waals surface area contributed by atoms with Crippen LogP contribution in [0.5, 0.6) is 5.75 Å². The zero-order chi connectivity index (χ0) is 29.2. The molecule has 0 saturated carbocycles. The van der Waals surface area contributed by atoms with Crippen LogP contribution >= 0.6 is 0 Å². The van der Waals surface area contributed by atoms with Crippen LogP contribution in [0.1, 0.15) is 43.6 Å². The highest BCUT2D eigenvalue weighted by Gasteiger charge is 2.51.